The second-order valence-corrected chi connectivity index (χ2v) is 6.51. The molecule has 2 aromatic carbocycles. The fraction of sp³-hybridized carbons (Fsp3) is 0.150. The fourth-order valence-electron chi connectivity index (χ4n) is 3.10. The van der Waals surface area contributed by atoms with Crippen LogP contribution in [0.4, 0.5) is 0 Å². The van der Waals surface area contributed by atoms with Crippen LogP contribution in [0.3, 0.4) is 0 Å². The molecule has 0 radical (unpaired) electrons. The first-order valence-electron chi connectivity index (χ1n) is 9.08. The summed E-state index contributed by atoms with van der Waals surface area (Å²) in [5.41, 5.74) is 2.70. The number of benzene rings is 2. The molecule has 0 atom stereocenters. The van der Waals surface area contributed by atoms with E-state index >= 15 is 0 Å². The van der Waals surface area contributed by atoms with E-state index in [-0.39, 0.29) is 5.63 Å². The summed E-state index contributed by atoms with van der Waals surface area (Å²) >= 11 is 0. The summed E-state index contributed by atoms with van der Waals surface area (Å²) in [5.74, 6) is 0.626. The van der Waals surface area contributed by atoms with Gasteiger partial charge in [-0.2, -0.15) is 0 Å². The highest BCUT2D eigenvalue weighted by Crippen LogP contribution is 2.19. The molecule has 0 bridgehead atoms. The second-order valence-electron chi connectivity index (χ2n) is 6.51. The third-order valence-electron chi connectivity index (χ3n) is 4.50. The quantitative estimate of drug-likeness (QED) is 0.411. The van der Waals surface area contributed by atoms with Gasteiger partial charge in [-0.05, 0) is 30.3 Å². The van der Waals surface area contributed by atoms with Crippen LogP contribution in [0.25, 0.3) is 22.0 Å². The lowest BCUT2D eigenvalue weighted by Crippen LogP contribution is -2.09. The van der Waals surface area contributed by atoms with Crippen molar-refractivity contribution in [2.75, 3.05) is 6.61 Å². The molecule has 0 saturated carbocycles. The number of fused-ring (bicyclic) bond motifs is 2. The van der Waals surface area contributed by atoms with Crippen molar-refractivity contribution in [2.45, 2.75) is 13.1 Å². The predicted molar refractivity (Wildman–Crippen MR) is 105 cm³/mol. The van der Waals surface area contributed by atoms with Gasteiger partial charge < -0.3 is 9.15 Å². The maximum atomic E-state index is 11.3. The van der Waals surface area contributed by atoms with E-state index in [1.54, 1.807) is 21.5 Å². The number of nitrogens with zero attached hydrogens (tertiary/aromatic N) is 6. The minimum Gasteiger partial charge on any atom is -0.492 e. The molecule has 144 valence electrons. The molecule has 0 saturated heterocycles. The van der Waals surface area contributed by atoms with Gasteiger partial charge in [0.25, 0.3) is 0 Å². The molecule has 5 rings (SSSR count). The first kappa shape index (κ1) is 17.1. The first-order valence-corrected chi connectivity index (χ1v) is 9.08. The molecule has 0 aliphatic carbocycles. The molecule has 0 aliphatic heterocycles. The summed E-state index contributed by atoms with van der Waals surface area (Å²) in [6.45, 7) is 1.42. The van der Waals surface area contributed by atoms with Gasteiger partial charge in [-0.15, -0.1) is 10.2 Å². The molecule has 5 aromatic rings. The van der Waals surface area contributed by atoms with Gasteiger partial charge >= 0.3 is 5.63 Å². The zero-order chi connectivity index (χ0) is 19.6. The molecule has 3 heterocycles. The SMILES string of the molecule is O=c1ccc2ccc(OCCn3cc(Cn4nnc5ccccc54)nn3)cc2o1. The molecule has 0 unspecified atom stereocenters. The zero-order valence-corrected chi connectivity index (χ0v) is 15.3. The summed E-state index contributed by atoms with van der Waals surface area (Å²) in [5, 5.41) is 17.5. The summed E-state index contributed by atoms with van der Waals surface area (Å²) in [6, 6.07) is 16.3. The molecule has 9 nitrogen and oxygen atoms in total. The van der Waals surface area contributed by atoms with Gasteiger partial charge in [-0.25, -0.2) is 14.2 Å². The smallest absolute Gasteiger partial charge is 0.336 e. The molecular formula is C20H16N6O3. The topological polar surface area (TPSA) is 101 Å². The summed E-state index contributed by atoms with van der Waals surface area (Å²) < 4.78 is 14.4. The molecule has 3 aromatic heterocycles. The maximum Gasteiger partial charge on any atom is 0.336 e. The Labute approximate surface area is 164 Å². The van der Waals surface area contributed by atoms with E-state index in [0.717, 1.165) is 22.1 Å². The van der Waals surface area contributed by atoms with E-state index in [2.05, 4.69) is 20.6 Å². The highest BCUT2D eigenvalue weighted by Gasteiger charge is 2.07. The van der Waals surface area contributed by atoms with Crippen LogP contribution in [0.5, 0.6) is 5.75 Å². The van der Waals surface area contributed by atoms with E-state index in [1.165, 1.54) is 6.07 Å². The van der Waals surface area contributed by atoms with Gasteiger partial charge in [0.15, 0.2) is 0 Å². The molecular weight excluding hydrogens is 372 g/mol. The van der Waals surface area contributed by atoms with Crippen LogP contribution in [-0.2, 0) is 13.1 Å². The lowest BCUT2D eigenvalue weighted by molar-refractivity contribution is 0.289. The molecule has 0 N–H and O–H groups in total. The maximum absolute atomic E-state index is 11.3. The number of rotatable bonds is 6. The van der Waals surface area contributed by atoms with E-state index in [9.17, 15) is 4.79 Å². The molecule has 0 spiro atoms. The van der Waals surface area contributed by atoms with Gasteiger partial charge in [0, 0.05) is 17.5 Å². The largest absolute Gasteiger partial charge is 0.492 e. The molecule has 0 aliphatic rings. The second kappa shape index (κ2) is 7.19. The van der Waals surface area contributed by atoms with Crippen molar-refractivity contribution < 1.29 is 9.15 Å². The minimum atomic E-state index is -0.384. The van der Waals surface area contributed by atoms with Crippen LogP contribution < -0.4 is 10.4 Å². The Hall–Kier alpha value is -4.01. The molecule has 9 heteroatoms. The van der Waals surface area contributed by atoms with E-state index in [1.807, 2.05) is 42.6 Å². The lowest BCUT2D eigenvalue weighted by atomic mass is 10.2. The van der Waals surface area contributed by atoms with Crippen LogP contribution in [0.1, 0.15) is 5.69 Å². The Morgan fingerprint density at radius 3 is 2.86 bits per heavy atom. The van der Waals surface area contributed by atoms with Crippen molar-refractivity contribution >= 4 is 22.0 Å². The van der Waals surface area contributed by atoms with Gasteiger partial charge in [0.2, 0.25) is 0 Å². The molecule has 0 fully saturated rings. The van der Waals surface area contributed by atoms with Crippen molar-refractivity contribution in [3.8, 4) is 5.75 Å². The Morgan fingerprint density at radius 2 is 1.90 bits per heavy atom. The lowest BCUT2D eigenvalue weighted by Gasteiger charge is -2.06. The van der Waals surface area contributed by atoms with Crippen molar-refractivity contribution in [3.63, 3.8) is 0 Å². The Balaban J connectivity index is 1.22. The summed E-state index contributed by atoms with van der Waals surface area (Å²) in [7, 11) is 0. The van der Waals surface area contributed by atoms with Gasteiger partial charge in [-0.3, -0.25) is 0 Å². The van der Waals surface area contributed by atoms with Crippen LogP contribution in [0.2, 0.25) is 0 Å². The van der Waals surface area contributed by atoms with Crippen LogP contribution in [0.15, 0.2) is 70.0 Å². The van der Waals surface area contributed by atoms with Crippen molar-refractivity contribution in [1.82, 2.24) is 30.0 Å². The van der Waals surface area contributed by atoms with Crippen LogP contribution >= 0.6 is 0 Å². The van der Waals surface area contributed by atoms with E-state index in [0.29, 0.717) is 31.0 Å². The Bertz CT molecular complexity index is 1350. The number of ether oxygens (including phenoxy) is 1. The number of aromatic nitrogens is 6. The van der Waals surface area contributed by atoms with Crippen LogP contribution in [0, 0.1) is 0 Å². The highest BCUT2D eigenvalue weighted by molar-refractivity contribution is 5.77. The van der Waals surface area contributed by atoms with E-state index in [4.69, 9.17) is 9.15 Å². The fourth-order valence-corrected chi connectivity index (χ4v) is 3.10. The van der Waals surface area contributed by atoms with Crippen molar-refractivity contribution in [3.05, 3.63) is 76.9 Å². The standard InChI is InChI=1S/C20H16N6O3/c27-20-8-6-14-5-7-16(11-19(14)29-20)28-10-9-25-12-15(21-23-25)13-26-18-4-2-1-3-17(18)22-24-26/h1-8,11-12H,9-10,13H2. The molecule has 29 heavy (non-hydrogen) atoms. The first-order chi connectivity index (χ1) is 14.2. The third-order valence-corrected chi connectivity index (χ3v) is 4.50. The molecule has 0 amide bonds. The average molecular weight is 388 g/mol. The predicted octanol–water partition coefficient (Wildman–Crippen LogP) is 2.26. The third kappa shape index (κ3) is 3.57. The van der Waals surface area contributed by atoms with Crippen molar-refractivity contribution in [2.24, 2.45) is 0 Å². The van der Waals surface area contributed by atoms with Gasteiger partial charge in [0.05, 0.1) is 24.8 Å². The Kier molecular flexibility index (Phi) is 4.24. The number of hydrogen-bond donors (Lipinski definition) is 0. The highest BCUT2D eigenvalue weighted by atomic mass is 16.5. The normalized spacial score (nSPS) is 11.3. The van der Waals surface area contributed by atoms with Gasteiger partial charge in [0.1, 0.15) is 29.2 Å². The zero-order valence-electron chi connectivity index (χ0n) is 15.3. The minimum absolute atomic E-state index is 0.384. The summed E-state index contributed by atoms with van der Waals surface area (Å²) in [6.07, 6.45) is 1.86. The van der Waals surface area contributed by atoms with Gasteiger partial charge in [-0.1, -0.05) is 22.6 Å². The summed E-state index contributed by atoms with van der Waals surface area (Å²) in [4.78, 5) is 11.3. The number of hydrogen-bond acceptors (Lipinski definition) is 7. The van der Waals surface area contributed by atoms with Crippen molar-refractivity contribution in [1.29, 1.82) is 0 Å². The van der Waals surface area contributed by atoms with E-state index < -0.39 is 0 Å². The van der Waals surface area contributed by atoms with Crippen LogP contribution in [-0.4, -0.2) is 36.6 Å². The monoisotopic (exact) mass is 388 g/mol. The number of para-hydroxylation sites is 1. The average Bonchev–Trinajstić information content (AvgIpc) is 3.35. The Morgan fingerprint density at radius 1 is 1.00 bits per heavy atom.